The second-order valence-electron chi connectivity index (χ2n) is 3.65. The van der Waals surface area contributed by atoms with Crippen molar-refractivity contribution in [3.63, 3.8) is 0 Å². The number of nitrogens with zero attached hydrogens (tertiary/aromatic N) is 1. The Morgan fingerprint density at radius 3 is 2.72 bits per heavy atom. The van der Waals surface area contributed by atoms with E-state index < -0.39 is 10.0 Å². The van der Waals surface area contributed by atoms with Crippen LogP contribution in [0.3, 0.4) is 0 Å². The van der Waals surface area contributed by atoms with Gasteiger partial charge in [0, 0.05) is 5.69 Å². The first-order valence-corrected chi connectivity index (χ1v) is 6.65. The average Bonchev–Trinajstić information content (AvgIpc) is 2.77. The highest BCUT2D eigenvalue weighted by molar-refractivity contribution is 7.92. The lowest BCUT2D eigenvalue weighted by Crippen LogP contribution is -2.13. The zero-order valence-corrected chi connectivity index (χ0v) is 10.4. The van der Waals surface area contributed by atoms with Crippen LogP contribution >= 0.6 is 0 Å². The highest BCUT2D eigenvalue weighted by Gasteiger charge is 2.19. The van der Waals surface area contributed by atoms with Crippen LogP contribution in [0.2, 0.25) is 0 Å². The number of hydrogen-bond donors (Lipinski definition) is 2. The monoisotopic (exact) mass is 268 g/mol. The number of nitrogens with one attached hydrogen (secondary N) is 1. The number of anilines is 1. The maximum Gasteiger partial charge on any atom is 0.296 e. The number of furan rings is 1. The molecule has 0 fully saturated rings. The van der Waals surface area contributed by atoms with Crippen molar-refractivity contribution in [2.75, 3.05) is 4.72 Å². The van der Waals surface area contributed by atoms with Crippen molar-refractivity contribution in [3.05, 3.63) is 41.8 Å². The largest absolute Gasteiger partial charge is 0.445 e. The number of rotatable bonds is 4. The van der Waals surface area contributed by atoms with Gasteiger partial charge in [-0.25, -0.2) is 4.98 Å². The van der Waals surface area contributed by atoms with Crippen LogP contribution < -0.4 is 4.72 Å². The Balaban J connectivity index is 2.27. The summed E-state index contributed by atoms with van der Waals surface area (Å²) < 4.78 is 31.1. The first-order chi connectivity index (χ1) is 8.51. The standard InChI is InChI=1S/C11H12N2O4S/c1-8-3-2-4-10(12-8)13-18(15,16)11-6-5-9(7-14)17-11/h2-6,14H,7H2,1H3,(H,12,13). The topological polar surface area (TPSA) is 92.4 Å². The molecule has 2 aromatic rings. The maximum atomic E-state index is 11.9. The zero-order chi connectivity index (χ0) is 13.2. The van der Waals surface area contributed by atoms with Crippen LogP contribution in [0.4, 0.5) is 5.82 Å². The van der Waals surface area contributed by atoms with Crippen LogP contribution in [0, 0.1) is 6.92 Å². The van der Waals surface area contributed by atoms with E-state index in [0.29, 0.717) is 5.69 Å². The predicted molar refractivity (Wildman–Crippen MR) is 64.4 cm³/mol. The summed E-state index contributed by atoms with van der Waals surface area (Å²) in [5.41, 5.74) is 0.700. The van der Waals surface area contributed by atoms with Crippen LogP contribution in [0.25, 0.3) is 0 Å². The number of sulfonamides is 1. The highest BCUT2D eigenvalue weighted by Crippen LogP contribution is 2.17. The molecule has 0 atom stereocenters. The van der Waals surface area contributed by atoms with E-state index in [4.69, 9.17) is 9.52 Å². The molecule has 0 aliphatic rings. The lowest BCUT2D eigenvalue weighted by molar-refractivity contribution is 0.236. The number of aliphatic hydroxyl groups is 1. The van der Waals surface area contributed by atoms with Crippen LogP contribution in [0.15, 0.2) is 39.8 Å². The summed E-state index contributed by atoms with van der Waals surface area (Å²) in [5, 5.41) is 8.57. The molecule has 2 aromatic heterocycles. The minimum absolute atomic E-state index is 0.188. The van der Waals surface area contributed by atoms with Gasteiger partial charge in [-0.3, -0.25) is 4.72 Å². The van der Waals surface area contributed by atoms with Gasteiger partial charge in [-0.2, -0.15) is 8.42 Å². The normalized spacial score (nSPS) is 11.4. The Kier molecular flexibility index (Phi) is 3.35. The van der Waals surface area contributed by atoms with E-state index in [0.717, 1.165) is 0 Å². The van der Waals surface area contributed by atoms with Gasteiger partial charge in [-0.15, -0.1) is 0 Å². The molecule has 2 heterocycles. The quantitative estimate of drug-likeness (QED) is 0.871. The van der Waals surface area contributed by atoms with Crippen LogP contribution in [-0.4, -0.2) is 18.5 Å². The molecule has 0 amide bonds. The molecular formula is C11H12N2O4S. The summed E-state index contributed by atoms with van der Waals surface area (Å²) in [6.45, 7) is 1.41. The third-order valence-corrected chi connectivity index (χ3v) is 3.41. The van der Waals surface area contributed by atoms with Gasteiger partial charge in [0.25, 0.3) is 10.0 Å². The second kappa shape index (κ2) is 4.79. The molecule has 6 nitrogen and oxygen atoms in total. The fraction of sp³-hybridized carbons (Fsp3) is 0.182. The molecule has 2 N–H and O–H groups in total. The Hall–Kier alpha value is -1.86. The predicted octanol–water partition coefficient (Wildman–Crippen LogP) is 1.28. The van der Waals surface area contributed by atoms with E-state index >= 15 is 0 Å². The van der Waals surface area contributed by atoms with Crippen molar-refractivity contribution in [3.8, 4) is 0 Å². The van der Waals surface area contributed by atoms with E-state index in [1.807, 2.05) is 0 Å². The van der Waals surface area contributed by atoms with Crippen molar-refractivity contribution in [1.82, 2.24) is 4.98 Å². The van der Waals surface area contributed by atoms with Gasteiger partial charge in [0.05, 0.1) is 0 Å². The second-order valence-corrected chi connectivity index (χ2v) is 5.26. The van der Waals surface area contributed by atoms with E-state index in [1.54, 1.807) is 25.1 Å². The third-order valence-electron chi connectivity index (χ3n) is 2.18. The molecule has 96 valence electrons. The highest BCUT2D eigenvalue weighted by atomic mass is 32.2. The Morgan fingerprint density at radius 1 is 1.33 bits per heavy atom. The summed E-state index contributed by atoms with van der Waals surface area (Å²) in [5.74, 6) is 0.407. The van der Waals surface area contributed by atoms with Crippen LogP contribution in [-0.2, 0) is 16.6 Å². The molecular weight excluding hydrogens is 256 g/mol. The van der Waals surface area contributed by atoms with Gasteiger partial charge < -0.3 is 9.52 Å². The summed E-state index contributed by atoms with van der Waals surface area (Å²) in [6.07, 6.45) is 0. The van der Waals surface area contributed by atoms with Crippen molar-refractivity contribution < 1.29 is 17.9 Å². The first kappa shape index (κ1) is 12.6. The molecule has 0 aliphatic heterocycles. The van der Waals surface area contributed by atoms with E-state index in [1.165, 1.54) is 12.1 Å². The van der Waals surface area contributed by atoms with Gasteiger partial charge in [-0.1, -0.05) is 6.07 Å². The molecule has 18 heavy (non-hydrogen) atoms. The Morgan fingerprint density at radius 2 is 2.11 bits per heavy atom. The van der Waals surface area contributed by atoms with Crippen LogP contribution in [0.5, 0.6) is 0 Å². The van der Waals surface area contributed by atoms with Crippen molar-refractivity contribution in [1.29, 1.82) is 0 Å². The number of pyridine rings is 1. The smallest absolute Gasteiger partial charge is 0.296 e. The molecule has 0 aliphatic carbocycles. The minimum Gasteiger partial charge on any atom is -0.445 e. The third kappa shape index (κ3) is 2.69. The van der Waals surface area contributed by atoms with Crippen molar-refractivity contribution in [2.45, 2.75) is 18.6 Å². The van der Waals surface area contributed by atoms with E-state index in [2.05, 4.69) is 9.71 Å². The molecule has 0 bridgehead atoms. The molecule has 0 radical (unpaired) electrons. The van der Waals surface area contributed by atoms with E-state index in [-0.39, 0.29) is 23.3 Å². The van der Waals surface area contributed by atoms with Gasteiger partial charge in [0.1, 0.15) is 18.2 Å². The molecule has 0 saturated carbocycles. The summed E-state index contributed by atoms with van der Waals surface area (Å²) >= 11 is 0. The van der Waals surface area contributed by atoms with Gasteiger partial charge in [-0.05, 0) is 31.2 Å². The number of aryl methyl sites for hydroxylation is 1. The van der Waals surface area contributed by atoms with Crippen molar-refractivity contribution >= 4 is 15.8 Å². The average molecular weight is 268 g/mol. The summed E-state index contributed by atoms with van der Waals surface area (Å²) in [6, 6.07) is 7.68. The lowest BCUT2D eigenvalue weighted by atomic mass is 10.4. The minimum atomic E-state index is -3.81. The molecule has 0 saturated heterocycles. The van der Waals surface area contributed by atoms with Crippen molar-refractivity contribution in [2.24, 2.45) is 0 Å². The van der Waals surface area contributed by atoms with Gasteiger partial charge >= 0.3 is 0 Å². The Bertz CT molecular complexity index is 649. The number of aliphatic hydroxyl groups excluding tert-OH is 1. The van der Waals surface area contributed by atoms with Gasteiger partial charge in [0.15, 0.2) is 0 Å². The molecule has 0 aromatic carbocycles. The fourth-order valence-corrected chi connectivity index (χ4v) is 2.33. The lowest BCUT2D eigenvalue weighted by Gasteiger charge is -2.05. The molecule has 0 unspecified atom stereocenters. The summed E-state index contributed by atoms with van der Waals surface area (Å²) in [4.78, 5) is 4.03. The SMILES string of the molecule is Cc1cccc(NS(=O)(=O)c2ccc(CO)o2)n1. The molecule has 7 heteroatoms. The maximum absolute atomic E-state index is 11.9. The summed E-state index contributed by atoms with van der Waals surface area (Å²) in [7, 11) is -3.81. The number of aromatic nitrogens is 1. The molecule has 2 rings (SSSR count). The Labute approximate surface area is 104 Å². The van der Waals surface area contributed by atoms with Gasteiger partial charge in [0.2, 0.25) is 5.09 Å². The fourth-order valence-electron chi connectivity index (χ4n) is 1.38. The number of hydrogen-bond acceptors (Lipinski definition) is 5. The zero-order valence-electron chi connectivity index (χ0n) is 9.62. The van der Waals surface area contributed by atoms with Crippen LogP contribution in [0.1, 0.15) is 11.5 Å². The first-order valence-electron chi connectivity index (χ1n) is 5.17. The van der Waals surface area contributed by atoms with E-state index in [9.17, 15) is 8.42 Å². The molecule has 0 spiro atoms.